The molecule has 2 amide bonds. The van der Waals surface area contributed by atoms with Crippen LogP contribution < -0.4 is 5.32 Å². The first kappa shape index (κ1) is 17.1. The van der Waals surface area contributed by atoms with E-state index in [0.29, 0.717) is 12.8 Å². The van der Waals surface area contributed by atoms with Gasteiger partial charge in [-0.15, -0.1) is 0 Å². The van der Waals surface area contributed by atoms with E-state index in [0.717, 1.165) is 50.9 Å². The van der Waals surface area contributed by atoms with E-state index in [-0.39, 0.29) is 28.0 Å². The number of carbonyl (C=O) groups excluding carboxylic acids is 2. The van der Waals surface area contributed by atoms with E-state index in [1.807, 2.05) is 4.90 Å². The Bertz CT molecular complexity index is 639. The maximum absolute atomic E-state index is 12.5. The fourth-order valence-electron chi connectivity index (χ4n) is 3.74. The lowest BCUT2D eigenvalue weighted by Crippen LogP contribution is -2.44. The van der Waals surface area contributed by atoms with Crippen LogP contribution in [0.15, 0.2) is 18.2 Å². The lowest BCUT2D eigenvalue weighted by Gasteiger charge is -2.41. The van der Waals surface area contributed by atoms with Crippen LogP contribution in [0.5, 0.6) is 5.75 Å². The third-order valence-electron chi connectivity index (χ3n) is 5.40. The molecule has 2 N–H and O–H groups in total. The average molecular weight is 351 g/mol. The number of amides is 2. The summed E-state index contributed by atoms with van der Waals surface area (Å²) in [5, 5.41) is 12.7. The Hall–Kier alpha value is -1.75. The molecule has 0 saturated carbocycles. The second kappa shape index (κ2) is 7.01. The van der Waals surface area contributed by atoms with Crippen molar-refractivity contribution in [3.05, 3.63) is 28.8 Å². The van der Waals surface area contributed by atoms with E-state index in [1.54, 1.807) is 12.1 Å². The molecule has 0 atom stereocenters. The van der Waals surface area contributed by atoms with Crippen molar-refractivity contribution in [2.24, 2.45) is 5.41 Å². The zero-order valence-corrected chi connectivity index (χ0v) is 14.4. The number of aromatic hydroxyl groups is 1. The SMILES string of the molecule is O=C1CCC2(CCN1)CCN(C(=O)Cc1ccc(O)c(Cl)c1)CC2. The molecule has 0 radical (unpaired) electrons. The van der Waals surface area contributed by atoms with Gasteiger partial charge in [-0.05, 0) is 48.8 Å². The summed E-state index contributed by atoms with van der Waals surface area (Å²) in [6.45, 7) is 2.25. The first-order chi connectivity index (χ1) is 11.5. The summed E-state index contributed by atoms with van der Waals surface area (Å²) in [5.41, 5.74) is 1.02. The molecule has 2 heterocycles. The van der Waals surface area contributed by atoms with Crippen molar-refractivity contribution >= 4 is 23.4 Å². The summed E-state index contributed by atoms with van der Waals surface area (Å²) in [5.74, 6) is 0.272. The Kier molecular flexibility index (Phi) is 4.99. The molecule has 24 heavy (non-hydrogen) atoms. The molecular weight excluding hydrogens is 328 g/mol. The molecule has 2 aliphatic heterocycles. The van der Waals surface area contributed by atoms with Gasteiger partial charge in [-0.25, -0.2) is 0 Å². The molecular formula is C18H23ClN2O3. The van der Waals surface area contributed by atoms with Crippen molar-refractivity contribution in [1.29, 1.82) is 0 Å². The summed E-state index contributed by atoms with van der Waals surface area (Å²) >= 11 is 5.90. The van der Waals surface area contributed by atoms with Gasteiger partial charge in [0.25, 0.3) is 0 Å². The van der Waals surface area contributed by atoms with Crippen LogP contribution in [0.1, 0.15) is 37.7 Å². The number of piperidine rings is 1. The van der Waals surface area contributed by atoms with Crippen molar-refractivity contribution in [3.8, 4) is 5.75 Å². The Morgan fingerprint density at radius 2 is 2.00 bits per heavy atom. The van der Waals surface area contributed by atoms with Gasteiger partial charge in [-0.1, -0.05) is 17.7 Å². The third-order valence-corrected chi connectivity index (χ3v) is 5.71. The van der Waals surface area contributed by atoms with Crippen molar-refractivity contribution in [3.63, 3.8) is 0 Å². The Morgan fingerprint density at radius 1 is 1.25 bits per heavy atom. The van der Waals surface area contributed by atoms with Gasteiger partial charge >= 0.3 is 0 Å². The maximum atomic E-state index is 12.5. The van der Waals surface area contributed by atoms with Crippen LogP contribution in [0, 0.1) is 5.41 Å². The molecule has 1 aromatic rings. The van der Waals surface area contributed by atoms with E-state index >= 15 is 0 Å². The van der Waals surface area contributed by atoms with E-state index in [1.165, 1.54) is 6.07 Å². The maximum Gasteiger partial charge on any atom is 0.226 e. The fourth-order valence-corrected chi connectivity index (χ4v) is 3.94. The van der Waals surface area contributed by atoms with Gasteiger partial charge in [0.1, 0.15) is 5.75 Å². The van der Waals surface area contributed by atoms with Gasteiger partial charge in [-0.2, -0.15) is 0 Å². The molecule has 2 fully saturated rings. The van der Waals surface area contributed by atoms with E-state index in [4.69, 9.17) is 11.6 Å². The number of phenolic OH excluding ortho intramolecular Hbond substituents is 1. The van der Waals surface area contributed by atoms with E-state index in [9.17, 15) is 14.7 Å². The minimum absolute atomic E-state index is 0.0318. The summed E-state index contributed by atoms with van der Waals surface area (Å²) in [6, 6.07) is 4.89. The number of benzene rings is 1. The third kappa shape index (κ3) is 3.83. The number of carbonyl (C=O) groups is 2. The zero-order valence-electron chi connectivity index (χ0n) is 13.7. The van der Waals surface area contributed by atoms with Crippen LogP contribution in [0.3, 0.4) is 0 Å². The van der Waals surface area contributed by atoms with Crippen LogP contribution in [0.4, 0.5) is 0 Å². The van der Waals surface area contributed by atoms with Gasteiger partial charge in [0, 0.05) is 26.1 Å². The lowest BCUT2D eigenvalue weighted by molar-refractivity contribution is -0.133. The predicted molar refractivity (Wildman–Crippen MR) is 91.9 cm³/mol. The summed E-state index contributed by atoms with van der Waals surface area (Å²) in [7, 11) is 0. The Balaban J connectivity index is 1.56. The smallest absolute Gasteiger partial charge is 0.226 e. The normalized spacial score (nSPS) is 20.5. The number of hydrogen-bond donors (Lipinski definition) is 2. The second-order valence-corrected chi connectivity index (χ2v) is 7.35. The number of rotatable bonds is 2. The monoisotopic (exact) mass is 350 g/mol. The molecule has 0 bridgehead atoms. The number of hydrogen-bond acceptors (Lipinski definition) is 3. The average Bonchev–Trinajstić information content (AvgIpc) is 2.74. The molecule has 1 aromatic carbocycles. The zero-order chi connectivity index (χ0) is 17.2. The van der Waals surface area contributed by atoms with Crippen molar-refractivity contribution in [2.75, 3.05) is 19.6 Å². The van der Waals surface area contributed by atoms with Crippen molar-refractivity contribution in [2.45, 2.75) is 38.5 Å². The van der Waals surface area contributed by atoms with E-state index < -0.39 is 0 Å². The van der Waals surface area contributed by atoms with Gasteiger partial charge in [-0.3, -0.25) is 9.59 Å². The minimum Gasteiger partial charge on any atom is -0.506 e. The quantitative estimate of drug-likeness (QED) is 0.861. The molecule has 0 unspecified atom stereocenters. The highest BCUT2D eigenvalue weighted by molar-refractivity contribution is 6.32. The molecule has 2 saturated heterocycles. The Morgan fingerprint density at radius 3 is 2.71 bits per heavy atom. The first-order valence-electron chi connectivity index (χ1n) is 8.49. The van der Waals surface area contributed by atoms with Crippen LogP contribution in [-0.4, -0.2) is 41.5 Å². The number of nitrogens with zero attached hydrogens (tertiary/aromatic N) is 1. The summed E-state index contributed by atoms with van der Waals surface area (Å²) in [4.78, 5) is 25.9. The molecule has 0 aromatic heterocycles. The highest BCUT2D eigenvalue weighted by atomic mass is 35.5. The number of nitrogens with one attached hydrogen (secondary N) is 1. The Labute approximate surface area is 147 Å². The van der Waals surface area contributed by atoms with Gasteiger partial charge in [0.2, 0.25) is 11.8 Å². The van der Waals surface area contributed by atoms with Crippen LogP contribution in [-0.2, 0) is 16.0 Å². The van der Waals surface area contributed by atoms with Gasteiger partial charge in [0.15, 0.2) is 0 Å². The first-order valence-corrected chi connectivity index (χ1v) is 8.87. The number of halogens is 1. The van der Waals surface area contributed by atoms with Crippen molar-refractivity contribution < 1.29 is 14.7 Å². The van der Waals surface area contributed by atoms with Crippen LogP contribution in [0.25, 0.3) is 0 Å². The predicted octanol–water partition coefficient (Wildman–Crippen LogP) is 2.50. The van der Waals surface area contributed by atoms with Crippen LogP contribution in [0.2, 0.25) is 5.02 Å². The summed E-state index contributed by atoms with van der Waals surface area (Å²) < 4.78 is 0. The van der Waals surface area contributed by atoms with Crippen LogP contribution >= 0.6 is 11.6 Å². The summed E-state index contributed by atoms with van der Waals surface area (Å²) in [6.07, 6.45) is 4.75. The second-order valence-electron chi connectivity index (χ2n) is 6.94. The largest absolute Gasteiger partial charge is 0.506 e. The number of phenols is 1. The molecule has 5 nitrogen and oxygen atoms in total. The van der Waals surface area contributed by atoms with Crippen molar-refractivity contribution in [1.82, 2.24) is 10.2 Å². The minimum atomic E-state index is 0.0318. The molecule has 0 aliphatic carbocycles. The molecule has 3 rings (SSSR count). The molecule has 130 valence electrons. The van der Waals surface area contributed by atoms with Gasteiger partial charge in [0.05, 0.1) is 11.4 Å². The van der Waals surface area contributed by atoms with E-state index in [2.05, 4.69) is 5.32 Å². The molecule has 2 aliphatic rings. The lowest BCUT2D eigenvalue weighted by atomic mass is 9.73. The topological polar surface area (TPSA) is 69.6 Å². The highest BCUT2D eigenvalue weighted by Gasteiger charge is 2.37. The fraction of sp³-hybridized carbons (Fsp3) is 0.556. The highest BCUT2D eigenvalue weighted by Crippen LogP contribution is 2.40. The molecule has 6 heteroatoms. The standard InChI is InChI=1S/C18H23ClN2O3/c19-14-11-13(1-2-15(14)22)12-17(24)21-9-6-18(7-10-21)4-3-16(23)20-8-5-18/h1-2,11,22H,3-10,12H2,(H,20,23). The number of likely N-dealkylation sites (tertiary alicyclic amines) is 1. The molecule has 1 spiro atoms. The van der Waals surface area contributed by atoms with Gasteiger partial charge < -0.3 is 15.3 Å².